The number of nitrogens with zero attached hydrogens (tertiary/aromatic N) is 2. The topological polar surface area (TPSA) is 120 Å². The van der Waals surface area contributed by atoms with Gasteiger partial charge in [-0.05, 0) is 23.1 Å². The largest absolute Gasteiger partial charge is 0.427 e. The van der Waals surface area contributed by atoms with Crippen LogP contribution in [0.2, 0.25) is 0 Å². The van der Waals surface area contributed by atoms with Crippen molar-refractivity contribution in [2.45, 2.75) is 32.6 Å². The number of H-pyrrole nitrogens is 1. The molecule has 1 aliphatic carbocycles. The van der Waals surface area contributed by atoms with E-state index in [0.717, 1.165) is 11.3 Å². The number of nitrogens with one attached hydrogen (secondary N) is 1. The molecule has 7 nitrogen and oxygen atoms in total. The minimum Gasteiger partial charge on any atom is -0.427 e. The Morgan fingerprint density at radius 2 is 1.87 bits per heavy atom. The molecule has 2 aromatic rings. The highest BCUT2D eigenvalue weighted by Crippen LogP contribution is 2.51. The van der Waals surface area contributed by atoms with Crippen LogP contribution < -0.4 is 26.1 Å². The lowest BCUT2D eigenvalue weighted by Gasteiger charge is -2.37. The number of hydrogen-bond donors (Lipinski definition) is 2. The Hall–Kier alpha value is -3.53. The molecule has 0 amide bonds. The molecule has 0 fully saturated rings. The molecule has 0 bridgehead atoms. The quantitative estimate of drug-likeness (QED) is 0.794. The third-order valence-corrected chi connectivity index (χ3v) is 5.86. The van der Waals surface area contributed by atoms with Crippen LogP contribution in [0.1, 0.15) is 49.3 Å². The average molecular weight is 404 g/mol. The van der Waals surface area contributed by atoms with Crippen molar-refractivity contribution in [1.82, 2.24) is 0 Å². The fourth-order valence-corrected chi connectivity index (χ4v) is 4.40. The lowest BCUT2D eigenvalue weighted by Crippen LogP contribution is -2.35. The zero-order valence-corrected chi connectivity index (χ0v) is 17.7. The monoisotopic (exact) mass is 404 g/mol. The van der Waals surface area contributed by atoms with Crippen molar-refractivity contribution < 1.29 is 14.5 Å². The Morgan fingerprint density at radius 1 is 1.20 bits per heavy atom. The van der Waals surface area contributed by atoms with Crippen LogP contribution >= 0.6 is 0 Å². The van der Waals surface area contributed by atoms with Crippen LogP contribution in [-0.2, 0) is 4.79 Å². The summed E-state index contributed by atoms with van der Waals surface area (Å²) in [4.78, 5) is 18.3. The summed E-state index contributed by atoms with van der Waals surface area (Å²) in [5.41, 5.74) is 15.8. The lowest BCUT2D eigenvalue weighted by molar-refractivity contribution is -0.377. The maximum atomic E-state index is 13.3. The lowest BCUT2D eigenvalue weighted by atomic mass is 9.70. The third-order valence-electron chi connectivity index (χ3n) is 5.86. The number of hydrogen-bond acceptors (Lipinski definition) is 6. The molecule has 2 aliphatic rings. The first-order valence-electron chi connectivity index (χ1n) is 9.88. The number of carbonyl (C=O) groups excluding carboxylic acids is 1. The number of nitriles is 1. The fraction of sp³-hybridized carbons (Fsp3) is 0.348. The number of benzene rings is 1. The van der Waals surface area contributed by atoms with Crippen LogP contribution in [0.25, 0.3) is 0 Å². The molecule has 0 saturated carbocycles. The summed E-state index contributed by atoms with van der Waals surface area (Å²) in [5, 5.41) is 9.55. The van der Waals surface area contributed by atoms with Crippen molar-refractivity contribution >= 4 is 23.0 Å². The van der Waals surface area contributed by atoms with E-state index < -0.39 is 5.92 Å². The van der Waals surface area contributed by atoms with Crippen molar-refractivity contribution in [2.24, 2.45) is 5.41 Å². The zero-order valence-electron chi connectivity index (χ0n) is 17.7. The Balaban J connectivity index is 1.98. The van der Waals surface area contributed by atoms with Gasteiger partial charge in [0.2, 0.25) is 0 Å². The van der Waals surface area contributed by atoms with Crippen molar-refractivity contribution in [3.63, 3.8) is 0 Å². The molecule has 0 spiro atoms. The third kappa shape index (κ3) is 3.05. The second kappa shape index (κ2) is 6.77. The smallest absolute Gasteiger partial charge is 0.293 e. The predicted molar refractivity (Wildman–Crippen MR) is 115 cm³/mol. The van der Waals surface area contributed by atoms with Crippen molar-refractivity contribution in [1.29, 1.82) is 5.26 Å². The minimum absolute atomic E-state index is 0.0447. The van der Waals surface area contributed by atoms with E-state index in [0.29, 0.717) is 35.6 Å². The predicted octanol–water partition coefficient (Wildman–Crippen LogP) is 2.77. The van der Waals surface area contributed by atoms with Crippen LogP contribution in [-0.4, -0.2) is 19.9 Å². The molecule has 5 N–H and O–H groups in total. The number of aromatic nitrogens is 1. The van der Waals surface area contributed by atoms with Gasteiger partial charge in [0.25, 0.3) is 11.7 Å². The maximum absolute atomic E-state index is 13.3. The summed E-state index contributed by atoms with van der Waals surface area (Å²) in [7, 11) is 3.95. The van der Waals surface area contributed by atoms with E-state index in [1.807, 2.05) is 43.3 Å². The number of rotatable bonds is 2. The highest BCUT2D eigenvalue weighted by atomic mass is 16.5. The summed E-state index contributed by atoms with van der Waals surface area (Å²) in [6, 6.07) is 10.1. The van der Waals surface area contributed by atoms with Gasteiger partial charge in [0.05, 0.1) is 17.2 Å². The van der Waals surface area contributed by atoms with Gasteiger partial charge in [0.1, 0.15) is 11.8 Å². The molecule has 1 atom stereocenters. The van der Waals surface area contributed by atoms with Crippen LogP contribution in [0, 0.1) is 16.7 Å². The van der Waals surface area contributed by atoms with Gasteiger partial charge in [-0.3, -0.25) is 10.5 Å². The molecular formula is C23H26N5O2+. The Bertz CT molecular complexity index is 1120. The number of aromatic amines is 1. The molecule has 1 aromatic heterocycles. The average Bonchev–Trinajstić information content (AvgIpc) is 2.65. The summed E-state index contributed by atoms with van der Waals surface area (Å²) < 4.78 is 6.14. The van der Waals surface area contributed by atoms with Gasteiger partial charge < -0.3 is 15.4 Å². The van der Waals surface area contributed by atoms with Gasteiger partial charge in [0.15, 0.2) is 11.3 Å². The molecule has 2 heterocycles. The second-order valence-electron chi connectivity index (χ2n) is 8.98. The number of nitrogen functional groups attached to an aromatic ring is 2. The summed E-state index contributed by atoms with van der Waals surface area (Å²) in [6.45, 7) is 4.11. The van der Waals surface area contributed by atoms with Crippen molar-refractivity contribution in [3.8, 4) is 11.9 Å². The first-order chi connectivity index (χ1) is 14.1. The highest BCUT2D eigenvalue weighted by Gasteiger charge is 2.45. The van der Waals surface area contributed by atoms with E-state index in [4.69, 9.17) is 16.2 Å². The first kappa shape index (κ1) is 19.8. The van der Waals surface area contributed by atoms with E-state index >= 15 is 0 Å². The van der Waals surface area contributed by atoms with Gasteiger partial charge in [-0.1, -0.05) is 26.0 Å². The first-order valence-corrected chi connectivity index (χ1v) is 9.88. The Labute approximate surface area is 175 Å². The Kier molecular flexibility index (Phi) is 4.46. The number of ketones is 1. The van der Waals surface area contributed by atoms with Crippen molar-refractivity contribution in [3.05, 3.63) is 52.3 Å². The molecule has 4 rings (SSSR count). The van der Waals surface area contributed by atoms with Gasteiger partial charge in [0, 0.05) is 38.2 Å². The number of carbonyl (C=O) groups is 1. The molecule has 0 unspecified atom stereocenters. The number of pyridine rings is 1. The maximum Gasteiger partial charge on any atom is 0.293 e. The number of allylic oxidation sites excluding steroid dienone is 2. The molecular weight excluding hydrogens is 378 g/mol. The number of ether oxygens (including phenoxy) is 1. The number of anilines is 3. The standard InChI is InChI=1S/C23H25N5O2/c1-23(2)9-15(29)18-16(10-23)30-22-19(20(25)14(11-24)21(26)27-22)17(18)12-5-7-13(8-6-12)28(3)4/h5-8,17H,9-10H2,1-4H3,(H4,25,26,27)/p+1/t17-/m0/s1. The van der Waals surface area contributed by atoms with Gasteiger partial charge in [-0.15, -0.1) is 0 Å². The van der Waals surface area contributed by atoms with Crippen LogP contribution in [0.15, 0.2) is 35.6 Å². The second-order valence-corrected chi connectivity index (χ2v) is 8.98. The van der Waals surface area contributed by atoms with E-state index in [1.54, 1.807) is 0 Å². The number of fused-ring (bicyclic) bond motifs is 1. The van der Waals surface area contributed by atoms with Gasteiger partial charge in [-0.2, -0.15) is 5.26 Å². The molecule has 1 aromatic carbocycles. The Morgan fingerprint density at radius 3 is 2.47 bits per heavy atom. The van der Waals surface area contributed by atoms with E-state index in [2.05, 4.69) is 24.9 Å². The van der Waals surface area contributed by atoms with Crippen molar-refractivity contribution in [2.75, 3.05) is 30.5 Å². The molecule has 154 valence electrons. The van der Waals surface area contributed by atoms with Gasteiger partial charge in [-0.25, -0.2) is 4.98 Å². The molecule has 30 heavy (non-hydrogen) atoms. The number of nitrogens with two attached hydrogens (primary N) is 2. The number of Topliss-reactive ketones (excluding diaryl/α,β-unsaturated/α-hetero) is 1. The van der Waals surface area contributed by atoms with Gasteiger partial charge >= 0.3 is 0 Å². The van der Waals surface area contributed by atoms with Crippen LogP contribution in [0.5, 0.6) is 5.88 Å². The summed E-state index contributed by atoms with van der Waals surface area (Å²) in [6.07, 6.45) is 1.06. The fourth-order valence-electron chi connectivity index (χ4n) is 4.40. The van der Waals surface area contributed by atoms with E-state index in [1.165, 1.54) is 0 Å². The molecule has 1 aliphatic heterocycles. The SMILES string of the molecule is CN(C)c1ccc([C@H]2C3=C(CC(C)(C)CC3=O)Oc3[nH+]c(N)c(C#N)c(N)c32)cc1. The highest BCUT2D eigenvalue weighted by molar-refractivity contribution is 6.00. The molecule has 0 saturated heterocycles. The van der Waals surface area contributed by atoms with E-state index in [-0.39, 0.29) is 28.3 Å². The molecule has 7 heteroatoms. The van der Waals surface area contributed by atoms with E-state index in [9.17, 15) is 10.1 Å². The summed E-state index contributed by atoms with van der Waals surface area (Å²) >= 11 is 0. The van der Waals surface area contributed by atoms with Crippen LogP contribution in [0.4, 0.5) is 17.2 Å². The van der Waals surface area contributed by atoms with Crippen LogP contribution in [0.3, 0.4) is 0 Å². The molecule has 0 radical (unpaired) electrons. The summed E-state index contributed by atoms with van der Waals surface area (Å²) in [5.74, 6) is 0.817. The normalized spacial score (nSPS) is 19.4. The zero-order chi connectivity index (χ0) is 21.8. The minimum atomic E-state index is -0.424.